The number of benzene rings is 1. The van der Waals surface area contributed by atoms with Crippen molar-refractivity contribution < 1.29 is 18.6 Å². The van der Waals surface area contributed by atoms with Gasteiger partial charge in [-0.1, -0.05) is 0 Å². The second-order valence-electron chi connectivity index (χ2n) is 6.46. The molecule has 146 valence electrons. The van der Waals surface area contributed by atoms with Crippen LogP contribution >= 0.6 is 0 Å². The normalized spacial score (nSPS) is 18.2. The van der Waals surface area contributed by atoms with Gasteiger partial charge in [0.25, 0.3) is 0 Å². The number of hydrogen-bond acceptors (Lipinski definition) is 4. The Labute approximate surface area is 155 Å². The summed E-state index contributed by atoms with van der Waals surface area (Å²) >= 11 is 0. The molecule has 26 heavy (non-hydrogen) atoms. The Morgan fingerprint density at radius 3 is 2.58 bits per heavy atom. The van der Waals surface area contributed by atoms with E-state index in [9.17, 15) is 4.39 Å². The summed E-state index contributed by atoms with van der Waals surface area (Å²) in [5.41, 5.74) is -0.253. The van der Waals surface area contributed by atoms with Gasteiger partial charge in [-0.05, 0) is 38.1 Å². The van der Waals surface area contributed by atoms with Gasteiger partial charge in [0, 0.05) is 39.7 Å². The first-order valence-electron chi connectivity index (χ1n) is 9.14. The number of hydrogen-bond donors (Lipinski definition) is 2. The van der Waals surface area contributed by atoms with Crippen LogP contribution in [0.5, 0.6) is 5.75 Å². The van der Waals surface area contributed by atoms with Crippen molar-refractivity contribution in [3.8, 4) is 5.75 Å². The quantitative estimate of drug-likeness (QED) is 0.545. The largest absolute Gasteiger partial charge is 0.489 e. The van der Waals surface area contributed by atoms with E-state index in [0.717, 1.165) is 25.3 Å². The van der Waals surface area contributed by atoms with Gasteiger partial charge < -0.3 is 24.8 Å². The highest BCUT2D eigenvalue weighted by Crippen LogP contribution is 2.24. The first-order valence-corrected chi connectivity index (χ1v) is 9.14. The highest BCUT2D eigenvalue weighted by atomic mass is 19.1. The lowest BCUT2D eigenvalue weighted by molar-refractivity contribution is -0.0828. The molecule has 1 atom stereocenters. The SMILES string of the molecule is CCNC(=NCC1(OC)CCOCC1)NCC(C)Oc1ccc(F)cc1. The molecular formula is C19H30FN3O3. The minimum absolute atomic E-state index is 0.0937. The summed E-state index contributed by atoms with van der Waals surface area (Å²) in [6.07, 6.45) is 1.59. The second kappa shape index (κ2) is 10.3. The molecule has 1 aliphatic rings. The molecule has 6 nitrogen and oxygen atoms in total. The van der Waals surface area contributed by atoms with Gasteiger partial charge >= 0.3 is 0 Å². The number of methoxy groups -OCH3 is 1. The first kappa shape index (κ1) is 20.5. The van der Waals surface area contributed by atoms with Crippen LogP contribution in [0.2, 0.25) is 0 Å². The molecule has 2 rings (SSSR count). The summed E-state index contributed by atoms with van der Waals surface area (Å²) in [6, 6.07) is 6.02. The van der Waals surface area contributed by atoms with Gasteiger partial charge in [0.05, 0.1) is 18.7 Å². The highest BCUT2D eigenvalue weighted by Gasteiger charge is 2.32. The van der Waals surface area contributed by atoms with Crippen LogP contribution in [0.25, 0.3) is 0 Å². The molecule has 1 fully saturated rings. The predicted molar refractivity (Wildman–Crippen MR) is 100 cm³/mol. The number of guanidine groups is 1. The van der Waals surface area contributed by atoms with E-state index < -0.39 is 0 Å². The van der Waals surface area contributed by atoms with Crippen LogP contribution in [0.15, 0.2) is 29.3 Å². The van der Waals surface area contributed by atoms with E-state index in [4.69, 9.17) is 14.2 Å². The Bertz CT molecular complexity index is 560. The van der Waals surface area contributed by atoms with Crippen LogP contribution in [0.1, 0.15) is 26.7 Å². The van der Waals surface area contributed by atoms with E-state index >= 15 is 0 Å². The molecule has 0 saturated carbocycles. The van der Waals surface area contributed by atoms with Gasteiger partial charge in [-0.15, -0.1) is 0 Å². The molecule has 0 aromatic heterocycles. The number of aliphatic imine (C=N–C) groups is 1. The van der Waals surface area contributed by atoms with Crippen LogP contribution < -0.4 is 15.4 Å². The van der Waals surface area contributed by atoms with E-state index in [1.165, 1.54) is 12.1 Å². The molecular weight excluding hydrogens is 337 g/mol. The van der Waals surface area contributed by atoms with Crippen molar-refractivity contribution in [1.82, 2.24) is 10.6 Å². The van der Waals surface area contributed by atoms with Crippen LogP contribution in [-0.4, -0.2) is 57.6 Å². The molecule has 1 aromatic carbocycles. The maximum absolute atomic E-state index is 13.0. The van der Waals surface area contributed by atoms with E-state index in [-0.39, 0.29) is 17.5 Å². The average molecular weight is 367 g/mol. The summed E-state index contributed by atoms with van der Waals surface area (Å²) < 4.78 is 29.9. The molecule has 0 radical (unpaired) electrons. The highest BCUT2D eigenvalue weighted by molar-refractivity contribution is 5.79. The van der Waals surface area contributed by atoms with Crippen LogP contribution in [-0.2, 0) is 9.47 Å². The average Bonchev–Trinajstić information content (AvgIpc) is 2.66. The monoisotopic (exact) mass is 367 g/mol. The Morgan fingerprint density at radius 2 is 1.96 bits per heavy atom. The predicted octanol–water partition coefficient (Wildman–Crippen LogP) is 2.34. The molecule has 1 saturated heterocycles. The van der Waals surface area contributed by atoms with Crippen LogP contribution in [0.3, 0.4) is 0 Å². The van der Waals surface area contributed by atoms with Crippen molar-refractivity contribution in [3.05, 3.63) is 30.1 Å². The first-order chi connectivity index (χ1) is 12.6. The number of halogens is 1. The number of ether oxygens (including phenoxy) is 3. The van der Waals surface area contributed by atoms with Crippen molar-refractivity contribution in [2.75, 3.05) is 40.0 Å². The van der Waals surface area contributed by atoms with E-state index in [2.05, 4.69) is 15.6 Å². The van der Waals surface area contributed by atoms with Crippen molar-refractivity contribution in [3.63, 3.8) is 0 Å². The van der Waals surface area contributed by atoms with Gasteiger partial charge in [0.15, 0.2) is 5.96 Å². The van der Waals surface area contributed by atoms with E-state index in [1.807, 2.05) is 13.8 Å². The molecule has 1 aliphatic heterocycles. The molecule has 7 heteroatoms. The summed E-state index contributed by atoms with van der Waals surface area (Å²) in [5, 5.41) is 6.52. The Morgan fingerprint density at radius 1 is 1.27 bits per heavy atom. The molecule has 0 amide bonds. The molecule has 1 unspecified atom stereocenters. The van der Waals surface area contributed by atoms with Crippen LogP contribution in [0.4, 0.5) is 4.39 Å². The standard InChI is InChI=1S/C19H30FN3O3/c1-4-21-18(23-14-19(24-3)9-11-25-12-10-19)22-13-15(2)26-17-7-5-16(20)6-8-17/h5-8,15H,4,9-14H2,1-3H3,(H2,21,22,23). The topological polar surface area (TPSA) is 64.1 Å². The lowest BCUT2D eigenvalue weighted by atomic mass is 9.94. The third-order valence-electron chi connectivity index (χ3n) is 4.41. The summed E-state index contributed by atoms with van der Waals surface area (Å²) in [7, 11) is 1.74. The fraction of sp³-hybridized carbons (Fsp3) is 0.632. The zero-order valence-corrected chi connectivity index (χ0v) is 15.9. The van der Waals surface area contributed by atoms with Crippen molar-refractivity contribution >= 4 is 5.96 Å². The molecule has 1 heterocycles. The summed E-state index contributed by atoms with van der Waals surface area (Å²) in [4.78, 5) is 4.68. The van der Waals surface area contributed by atoms with E-state index in [0.29, 0.717) is 32.1 Å². The lowest BCUT2D eigenvalue weighted by Gasteiger charge is -2.34. The van der Waals surface area contributed by atoms with Crippen molar-refractivity contribution in [2.24, 2.45) is 4.99 Å². The third kappa shape index (κ3) is 6.46. The van der Waals surface area contributed by atoms with Gasteiger partial charge in [0.2, 0.25) is 0 Å². The van der Waals surface area contributed by atoms with Gasteiger partial charge in [-0.3, -0.25) is 4.99 Å². The maximum atomic E-state index is 13.0. The molecule has 0 aliphatic carbocycles. The third-order valence-corrected chi connectivity index (χ3v) is 4.41. The fourth-order valence-corrected chi connectivity index (χ4v) is 2.76. The minimum Gasteiger partial charge on any atom is -0.489 e. The second-order valence-corrected chi connectivity index (χ2v) is 6.46. The minimum atomic E-state index is -0.273. The maximum Gasteiger partial charge on any atom is 0.191 e. The summed E-state index contributed by atoms with van der Waals surface area (Å²) in [6.45, 7) is 7.31. The Hall–Kier alpha value is -1.86. The molecule has 2 N–H and O–H groups in total. The Balaban J connectivity index is 1.86. The zero-order valence-electron chi connectivity index (χ0n) is 15.9. The fourth-order valence-electron chi connectivity index (χ4n) is 2.76. The number of nitrogens with zero attached hydrogens (tertiary/aromatic N) is 1. The van der Waals surface area contributed by atoms with Crippen molar-refractivity contribution in [2.45, 2.75) is 38.4 Å². The number of rotatable bonds is 8. The van der Waals surface area contributed by atoms with E-state index in [1.54, 1.807) is 19.2 Å². The lowest BCUT2D eigenvalue weighted by Crippen LogP contribution is -2.45. The van der Waals surface area contributed by atoms with Crippen molar-refractivity contribution in [1.29, 1.82) is 0 Å². The van der Waals surface area contributed by atoms with Gasteiger partial charge in [-0.25, -0.2) is 4.39 Å². The molecule has 0 bridgehead atoms. The summed E-state index contributed by atoms with van der Waals surface area (Å²) in [5.74, 6) is 1.10. The van der Waals surface area contributed by atoms with Gasteiger partial charge in [0.1, 0.15) is 17.7 Å². The molecule has 0 spiro atoms. The molecule has 1 aromatic rings. The Kier molecular flexibility index (Phi) is 8.12. The zero-order chi connectivity index (χ0) is 18.8. The van der Waals surface area contributed by atoms with Crippen LogP contribution in [0, 0.1) is 5.82 Å². The number of nitrogens with one attached hydrogen (secondary N) is 2. The van der Waals surface area contributed by atoms with Gasteiger partial charge in [-0.2, -0.15) is 0 Å². The smallest absolute Gasteiger partial charge is 0.191 e.